The van der Waals surface area contributed by atoms with Crippen LogP contribution in [0, 0.1) is 17.8 Å². The van der Waals surface area contributed by atoms with E-state index in [1.165, 1.54) is 19.3 Å². The molecule has 1 aliphatic carbocycles. The molecule has 2 heterocycles. The van der Waals surface area contributed by atoms with Crippen LogP contribution in [0.2, 0.25) is 0 Å². The number of nitrogens with zero attached hydrogens (tertiary/aromatic N) is 2. The van der Waals surface area contributed by atoms with Gasteiger partial charge >= 0.3 is 0 Å². The Morgan fingerprint density at radius 2 is 2.36 bits per heavy atom. The topological polar surface area (TPSA) is 47.3 Å². The highest BCUT2D eigenvalue weighted by molar-refractivity contribution is 7.15. The highest BCUT2D eigenvalue weighted by Crippen LogP contribution is 2.39. The van der Waals surface area contributed by atoms with Gasteiger partial charge in [0.2, 0.25) is 0 Å². The van der Waals surface area contributed by atoms with Crippen molar-refractivity contribution in [2.24, 2.45) is 5.92 Å². The number of rotatable bonds is 4. The van der Waals surface area contributed by atoms with Crippen LogP contribution in [0.4, 0.5) is 0 Å². The molecular formula is C17H20N2O2S. The van der Waals surface area contributed by atoms with Gasteiger partial charge in [0.25, 0.3) is 0 Å². The SMILES string of the molecule is COC[C@@H]1CCC[C@@H]1n1ccnc1-c1ccc(C#CCO)s1. The fourth-order valence-electron chi connectivity index (χ4n) is 3.22. The van der Waals surface area contributed by atoms with E-state index < -0.39 is 0 Å². The second kappa shape index (κ2) is 7.10. The van der Waals surface area contributed by atoms with Crippen molar-refractivity contribution in [3.8, 4) is 22.5 Å². The molecule has 2 aromatic heterocycles. The minimum atomic E-state index is -0.108. The lowest BCUT2D eigenvalue weighted by molar-refractivity contribution is 0.135. The third-order valence-electron chi connectivity index (χ3n) is 4.14. The van der Waals surface area contributed by atoms with Gasteiger partial charge in [0.15, 0.2) is 0 Å². The molecule has 0 aromatic carbocycles. The zero-order chi connectivity index (χ0) is 15.4. The standard InChI is InChI=1S/C17H20N2O2S/c1-21-12-13-4-2-6-15(13)19-10-9-18-17(19)16-8-7-14(22-16)5-3-11-20/h7-10,13,15,20H,2,4,6,11-12H2,1H3/t13-,15-/m0/s1. The number of aliphatic hydroxyl groups excluding tert-OH is 1. The Bertz CT molecular complexity index is 680. The van der Waals surface area contributed by atoms with E-state index in [2.05, 4.69) is 33.7 Å². The van der Waals surface area contributed by atoms with Gasteiger partial charge in [-0.15, -0.1) is 11.3 Å². The monoisotopic (exact) mass is 316 g/mol. The number of imidazole rings is 1. The van der Waals surface area contributed by atoms with Gasteiger partial charge in [-0.25, -0.2) is 4.98 Å². The first-order valence-corrected chi connectivity index (χ1v) is 8.37. The molecule has 0 aliphatic heterocycles. The predicted octanol–water partition coefficient (Wildman–Crippen LogP) is 2.94. The van der Waals surface area contributed by atoms with Crippen molar-refractivity contribution < 1.29 is 9.84 Å². The number of ether oxygens (including phenoxy) is 1. The van der Waals surface area contributed by atoms with Crippen LogP contribution < -0.4 is 0 Å². The van der Waals surface area contributed by atoms with Gasteiger partial charge in [-0.2, -0.15) is 0 Å². The summed E-state index contributed by atoms with van der Waals surface area (Å²) in [5.41, 5.74) is 0. The first kappa shape index (κ1) is 15.3. The van der Waals surface area contributed by atoms with E-state index in [9.17, 15) is 0 Å². The number of aliphatic hydroxyl groups is 1. The second-order valence-corrected chi connectivity index (χ2v) is 6.58. The van der Waals surface area contributed by atoms with Crippen LogP contribution in [-0.4, -0.2) is 35.0 Å². The molecule has 2 aromatic rings. The Morgan fingerprint density at radius 3 is 3.18 bits per heavy atom. The van der Waals surface area contributed by atoms with Crippen molar-refractivity contribution in [3.63, 3.8) is 0 Å². The molecule has 1 saturated carbocycles. The minimum absolute atomic E-state index is 0.108. The highest BCUT2D eigenvalue weighted by atomic mass is 32.1. The van der Waals surface area contributed by atoms with Crippen molar-refractivity contribution in [2.75, 3.05) is 20.3 Å². The Labute approximate surface area is 134 Å². The Balaban J connectivity index is 1.87. The van der Waals surface area contributed by atoms with Gasteiger partial charge < -0.3 is 14.4 Å². The fraction of sp³-hybridized carbons (Fsp3) is 0.471. The summed E-state index contributed by atoms with van der Waals surface area (Å²) in [6, 6.07) is 4.51. The predicted molar refractivity (Wildman–Crippen MR) is 87.8 cm³/mol. The van der Waals surface area contributed by atoms with E-state index in [0.29, 0.717) is 12.0 Å². The third-order valence-corrected chi connectivity index (χ3v) is 5.14. The summed E-state index contributed by atoms with van der Waals surface area (Å²) in [5.74, 6) is 7.22. The molecule has 0 unspecified atom stereocenters. The van der Waals surface area contributed by atoms with Crippen LogP contribution in [0.15, 0.2) is 24.5 Å². The Morgan fingerprint density at radius 1 is 1.45 bits per heavy atom. The summed E-state index contributed by atoms with van der Waals surface area (Å²) < 4.78 is 7.67. The molecule has 0 spiro atoms. The molecule has 1 fully saturated rings. The van der Waals surface area contributed by atoms with Crippen molar-refractivity contribution in [1.82, 2.24) is 9.55 Å². The van der Waals surface area contributed by atoms with Crippen LogP contribution in [0.25, 0.3) is 10.7 Å². The fourth-order valence-corrected chi connectivity index (χ4v) is 4.10. The quantitative estimate of drug-likeness (QED) is 0.882. The van der Waals surface area contributed by atoms with Crippen molar-refractivity contribution in [1.29, 1.82) is 0 Å². The van der Waals surface area contributed by atoms with Gasteiger partial charge in [-0.1, -0.05) is 18.3 Å². The molecule has 2 atom stereocenters. The summed E-state index contributed by atoms with van der Waals surface area (Å²) in [6.45, 7) is 0.697. The Kier molecular flexibility index (Phi) is 4.94. The van der Waals surface area contributed by atoms with Crippen molar-refractivity contribution in [3.05, 3.63) is 29.4 Å². The average Bonchev–Trinajstić information content (AvgIpc) is 3.24. The molecule has 0 radical (unpaired) electrons. The van der Waals surface area contributed by atoms with Crippen LogP contribution in [-0.2, 0) is 4.74 Å². The zero-order valence-electron chi connectivity index (χ0n) is 12.7. The number of thiophene rings is 1. The van der Waals surface area contributed by atoms with Gasteiger partial charge in [0.1, 0.15) is 12.4 Å². The molecule has 0 bridgehead atoms. The minimum Gasteiger partial charge on any atom is -0.384 e. The normalized spacial score (nSPS) is 20.8. The molecular weight excluding hydrogens is 296 g/mol. The summed E-state index contributed by atoms with van der Waals surface area (Å²) >= 11 is 1.62. The maximum Gasteiger partial charge on any atom is 0.150 e. The number of aromatic nitrogens is 2. The van der Waals surface area contributed by atoms with Crippen LogP contribution in [0.1, 0.15) is 30.2 Å². The summed E-state index contributed by atoms with van der Waals surface area (Å²) in [7, 11) is 1.77. The molecule has 0 saturated heterocycles. The van der Waals surface area contributed by atoms with Crippen LogP contribution in [0.5, 0.6) is 0 Å². The molecule has 116 valence electrons. The Hall–Kier alpha value is -1.61. The maximum absolute atomic E-state index is 8.79. The molecule has 3 rings (SSSR count). The molecule has 22 heavy (non-hydrogen) atoms. The molecule has 1 N–H and O–H groups in total. The highest BCUT2D eigenvalue weighted by Gasteiger charge is 2.30. The van der Waals surface area contributed by atoms with Gasteiger partial charge in [-0.05, 0) is 25.0 Å². The largest absolute Gasteiger partial charge is 0.384 e. The van der Waals surface area contributed by atoms with Crippen LogP contribution >= 0.6 is 11.3 Å². The third kappa shape index (κ3) is 3.09. The van der Waals surface area contributed by atoms with E-state index in [1.807, 2.05) is 12.3 Å². The summed E-state index contributed by atoms with van der Waals surface area (Å²) in [6.07, 6.45) is 7.59. The lowest BCUT2D eigenvalue weighted by Crippen LogP contribution is -2.18. The lowest BCUT2D eigenvalue weighted by atomic mass is 10.0. The number of hydrogen-bond acceptors (Lipinski definition) is 4. The summed E-state index contributed by atoms with van der Waals surface area (Å²) in [5, 5.41) is 8.79. The molecule has 5 heteroatoms. The average molecular weight is 316 g/mol. The second-order valence-electron chi connectivity index (χ2n) is 5.50. The van der Waals surface area contributed by atoms with E-state index in [4.69, 9.17) is 9.84 Å². The first-order valence-electron chi connectivity index (χ1n) is 7.55. The van der Waals surface area contributed by atoms with Crippen molar-refractivity contribution >= 4 is 11.3 Å². The van der Waals surface area contributed by atoms with Gasteiger partial charge in [0, 0.05) is 31.5 Å². The lowest BCUT2D eigenvalue weighted by Gasteiger charge is -2.22. The number of hydrogen-bond donors (Lipinski definition) is 1. The van der Waals surface area contributed by atoms with Crippen molar-refractivity contribution in [2.45, 2.75) is 25.3 Å². The molecule has 0 amide bonds. The van der Waals surface area contributed by atoms with Crippen LogP contribution in [0.3, 0.4) is 0 Å². The molecule has 4 nitrogen and oxygen atoms in total. The van der Waals surface area contributed by atoms with Gasteiger partial charge in [0.05, 0.1) is 16.4 Å². The van der Waals surface area contributed by atoms with E-state index in [1.54, 1.807) is 18.4 Å². The zero-order valence-corrected chi connectivity index (χ0v) is 13.5. The van der Waals surface area contributed by atoms with E-state index in [-0.39, 0.29) is 6.61 Å². The number of methoxy groups -OCH3 is 1. The van der Waals surface area contributed by atoms with E-state index in [0.717, 1.165) is 22.2 Å². The maximum atomic E-state index is 8.79. The first-order chi connectivity index (χ1) is 10.8. The summed E-state index contributed by atoms with van der Waals surface area (Å²) in [4.78, 5) is 6.63. The molecule has 1 aliphatic rings. The van der Waals surface area contributed by atoms with Gasteiger partial charge in [-0.3, -0.25) is 0 Å². The smallest absolute Gasteiger partial charge is 0.150 e. The van der Waals surface area contributed by atoms with E-state index >= 15 is 0 Å².